The van der Waals surface area contributed by atoms with Crippen molar-refractivity contribution in [2.45, 2.75) is 19.8 Å². The summed E-state index contributed by atoms with van der Waals surface area (Å²) in [5, 5.41) is 4.77. The van der Waals surface area contributed by atoms with E-state index >= 15 is 0 Å². The fourth-order valence-corrected chi connectivity index (χ4v) is 2.24. The third kappa shape index (κ3) is 3.64. The van der Waals surface area contributed by atoms with Gasteiger partial charge in [-0.3, -0.25) is 4.79 Å². The zero-order chi connectivity index (χ0) is 9.68. The van der Waals surface area contributed by atoms with Crippen LogP contribution in [-0.2, 0) is 0 Å². The molecule has 0 radical (unpaired) electrons. The molecular weight excluding hydrogens is 297 g/mol. The molecule has 4 heteroatoms. The molecule has 1 rings (SSSR count). The Morgan fingerprint density at radius 3 is 3.00 bits per heavy atom. The van der Waals surface area contributed by atoms with E-state index in [0.717, 1.165) is 27.8 Å². The lowest BCUT2D eigenvalue weighted by Crippen LogP contribution is -2.23. The van der Waals surface area contributed by atoms with Crippen LogP contribution in [0.25, 0.3) is 0 Å². The second kappa shape index (κ2) is 5.59. The van der Waals surface area contributed by atoms with E-state index in [0.29, 0.717) is 0 Å². The second-order valence-electron chi connectivity index (χ2n) is 2.75. The van der Waals surface area contributed by atoms with Crippen molar-refractivity contribution in [2.75, 3.05) is 6.54 Å². The van der Waals surface area contributed by atoms with Crippen LogP contribution in [-0.4, -0.2) is 12.5 Å². The number of hydrogen-bond donors (Lipinski definition) is 1. The van der Waals surface area contributed by atoms with Crippen molar-refractivity contribution in [3.8, 4) is 0 Å². The van der Waals surface area contributed by atoms with Crippen molar-refractivity contribution >= 4 is 39.8 Å². The normalized spacial score (nSPS) is 10.0. The highest BCUT2D eigenvalue weighted by atomic mass is 127. The summed E-state index contributed by atoms with van der Waals surface area (Å²) < 4.78 is 1.15. The first-order valence-corrected chi connectivity index (χ1v) is 6.22. The van der Waals surface area contributed by atoms with Crippen LogP contribution in [0, 0.1) is 2.88 Å². The van der Waals surface area contributed by atoms with Crippen molar-refractivity contribution in [3.05, 3.63) is 19.9 Å². The van der Waals surface area contributed by atoms with E-state index < -0.39 is 0 Å². The van der Waals surface area contributed by atoms with E-state index in [1.54, 1.807) is 11.3 Å². The summed E-state index contributed by atoms with van der Waals surface area (Å²) in [6.07, 6.45) is 2.16. The van der Waals surface area contributed by atoms with Crippen LogP contribution in [0.5, 0.6) is 0 Å². The van der Waals surface area contributed by atoms with Crippen molar-refractivity contribution in [2.24, 2.45) is 0 Å². The van der Waals surface area contributed by atoms with Gasteiger partial charge in [0.1, 0.15) is 0 Å². The number of nitrogens with one attached hydrogen (secondary N) is 1. The fraction of sp³-hybridized carbons (Fsp3) is 0.444. The smallest absolute Gasteiger partial charge is 0.252 e. The highest BCUT2D eigenvalue weighted by Crippen LogP contribution is 2.16. The molecule has 1 aromatic heterocycles. The van der Waals surface area contributed by atoms with Gasteiger partial charge in [-0.15, -0.1) is 11.3 Å². The average molecular weight is 309 g/mol. The summed E-state index contributed by atoms with van der Waals surface area (Å²) >= 11 is 3.82. The molecule has 0 fully saturated rings. The maximum absolute atomic E-state index is 11.4. The van der Waals surface area contributed by atoms with E-state index in [1.807, 2.05) is 11.4 Å². The minimum absolute atomic E-state index is 0.0487. The van der Waals surface area contributed by atoms with Gasteiger partial charge in [-0.05, 0) is 35.1 Å². The molecule has 0 atom stereocenters. The molecule has 0 unspecified atom stereocenters. The van der Waals surface area contributed by atoms with Crippen LogP contribution in [0.4, 0.5) is 0 Å². The lowest BCUT2D eigenvalue weighted by atomic mass is 10.3. The number of amides is 1. The molecule has 1 N–H and O–H groups in total. The molecule has 2 nitrogen and oxygen atoms in total. The number of hydrogen-bond acceptors (Lipinski definition) is 2. The molecule has 1 aromatic rings. The Hall–Kier alpha value is -0.100. The summed E-state index contributed by atoms with van der Waals surface area (Å²) in [6, 6.07) is 1.91. The Labute approximate surface area is 95.9 Å². The number of rotatable bonds is 4. The lowest BCUT2D eigenvalue weighted by molar-refractivity contribution is 0.0953. The highest BCUT2D eigenvalue weighted by molar-refractivity contribution is 14.1. The molecule has 0 bridgehead atoms. The van der Waals surface area contributed by atoms with Gasteiger partial charge in [0.2, 0.25) is 0 Å². The predicted molar refractivity (Wildman–Crippen MR) is 64.3 cm³/mol. The molecule has 0 aliphatic carbocycles. The largest absolute Gasteiger partial charge is 0.352 e. The fourth-order valence-electron chi connectivity index (χ4n) is 0.910. The Balaban J connectivity index is 2.40. The predicted octanol–water partition coefficient (Wildman–Crippen LogP) is 2.88. The van der Waals surface area contributed by atoms with E-state index in [9.17, 15) is 4.79 Å². The average Bonchev–Trinajstić information content (AvgIpc) is 2.52. The van der Waals surface area contributed by atoms with Crippen LogP contribution in [0.3, 0.4) is 0 Å². The maximum atomic E-state index is 11.4. The first kappa shape index (κ1) is 11.0. The Kier molecular flexibility index (Phi) is 4.72. The first-order valence-electron chi connectivity index (χ1n) is 4.26. The SMILES string of the molecule is CCCCNC(=O)c1csc(I)c1. The second-order valence-corrected chi connectivity index (χ2v) is 5.55. The number of carbonyl (C=O) groups excluding carboxylic acids is 1. The van der Waals surface area contributed by atoms with Gasteiger partial charge >= 0.3 is 0 Å². The van der Waals surface area contributed by atoms with Gasteiger partial charge in [0.15, 0.2) is 0 Å². The zero-order valence-electron chi connectivity index (χ0n) is 7.47. The summed E-state index contributed by atoms with van der Waals surface area (Å²) in [4.78, 5) is 11.4. The third-order valence-electron chi connectivity index (χ3n) is 1.65. The number of unbranched alkanes of at least 4 members (excludes halogenated alkanes) is 1. The van der Waals surface area contributed by atoms with E-state index in [2.05, 4.69) is 34.8 Å². The van der Waals surface area contributed by atoms with Crippen LogP contribution in [0.1, 0.15) is 30.1 Å². The Morgan fingerprint density at radius 1 is 1.69 bits per heavy atom. The Bertz CT molecular complexity index is 285. The quantitative estimate of drug-likeness (QED) is 0.672. The first-order chi connectivity index (χ1) is 6.24. The number of halogens is 1. The van der Waals surface area contributed by atoms with Gasteiger partial charge in [-0.1, -0.05) is 13.3 Å². The molecule has 1 heterocycles. The summed E-state index contributed by atoms with van der Waals surface area (Å²) in [6.45, 7) is 2.89. The summed E-state index contributed by atoms with van der Waals surface area (Å²) in [5.74, 6) is 0.0487. The van der Waals surface area contributed by atoms with Gasteiger partial charge in [0.05, 0.1) is 8.45 Å². The molecule has 0 spiro atoms. The van der Waals surface area contributed by atoms with Crippen molar-refractivity contribution in [3.63, 3.8) is 0 Å². The van der Waals surface area contributed by atoms with Gasteiger partial charge in [-0.2, -0.15) is 0 Å². The van der Waals surface area contributed by atoms with Crippen LogP contribution in [0.2, 0.25) is 0 Å². The number of carbonyl (C=O) groups is 1. The molecule has 0 saturated heterocycles. The van der Waals surface area contributed by atoms with E-state index in [1.165, 1.54) is 0 Å². The molecule has 0 aliphatic rings. The molecule has 13 heavy (non-hydrogen) atoms. The van der Waals surface area contributed by atoms with Gasteiger partial charge in [0, 0.05) is 11.9 Å². The lowest BCUT2D eigenvalue weighted by Gasteiger charge is -2.00. The number of thiophene rings is 1. The third-order valence-corrected chi connectivity index (χ3v) is 3.43. The summed E-state index contributed by atoms with van der Waals surface area (Å²) in [5.41, 5.74) is 0.783. The molecule has 1 amide bonds. The zero-order valence-corrected chi connectivity index (χ0v) is 10.4. The maximum Gasteiger partial charge on any atom is 0.252 e. The van der Waals surface area contributed by atoms with Crippen molar-refractivity contribution < 1.29 is 4.79 Å². The van der Waals surface area contributed by atoms with Crippen LogP contribution < -0.4 is 5.32 Å². The molecule has 0 aromatic carbocycles. The topological polar surface area (TPSA) is 29.1 Å². The van der Waals surface area contributed by atoms with Gasteiger partial charge in [0.25, 0.3) is 5.91 Å². The van der Waals surface area contributed by atoms with Crippen LogP contribution >= 0.6 is 33.9 Å². The van der Waals surface area contributed by atoms with Gasteiger partial charge < -0.3 is 5.32 Å². The monoisotopic (exact) mass is 309 g/mol. The molecule has 0 saturated carbocycles. The minimum atomic E-state index is 0.0487. The Morgan fingerprint density at radius 2 is 2.46 bits per heavy atom. The van der Waals surface area contributed by atoms with Gasteiger partial charge in [-0.25, -0.2) is 0 Å². The standard InChI is InChI=1S/C9H12INOS/c1-2-3-4-11-9(12)7-5-8(10)13-6-7/h5-6H,2-4H2,1H3,(H,11,12). The van der Waals surface area contributed by atoms with Crippen molar-refractivity contribution in [1.82, 2.24) is 5.32 Å². The van der Waals surface area contributed by atoms with Crippen LogP contribution in [0.15, 0.2) is 11.4 Å². The highest BCUT2D eigenvalue weighted by Gasteiger charge is 2.05. The molecular formula is C9H12INOS. The summed E-state index contributed by atoms with van der Waals surface area (Å²) in [7, 11) is 0. The minimum Gasteiger partial charge on any atom is -0.352 e. The molecule has 0 aliphatic heterocycles. The molecule has 72 valence electrons. The van der Waals surface area contributed by atoms with E-state index in [4.69, 9.17) is 0 Å². The van der Waals surface area contributed by atoms with E-state index in [-0.39, 0.29) is 5.91 Å². The van der Waals surface area contributed by atoms with Crippen molar-refractivity contribution in [1.29, 1.82) is 0 Å².